The summed E-state index contributed by atoms with van der Waals surface area (Å²) >= 11 is 0. The van der Waals surface area contributed by atoms with Crippen molar-refractivity contribution in [3.63, 3.8) is 0 Å². The fourth-order valence-electron chi connectivity index (χ4n) is 1.91. The fourth-order valence-corrected chi connectivity index (χ4v) is 1.91. The molecule has 0 atom stereocenters. The first kappa shape index (κ1) is 12.3. The van der Waals surface area contributed by atoms with Crippen LogP contribution in [0.5, 0.6) is 0 Å². The number of tetrazole rings is 1. The van der Waals surface area contributed by atoms with Gasteiger partial charge in [-0.3, -0.25) is 4.68 Å². The van der Waals surface area contributed by atoms with Gasteiger partial charge >= 0.3 is 0 Å². The minimum atomic E-state index is 0.650. The van der Waals surface area contributed by atoms with Crippen molar-refractivity contribution < 1.29 is 0 Å². The van der Waals surface area contributed by atoms with E-state index in [1.165, 1.54) is 0 Å². The summed E-state index contributed by atoms with van der Waals surface area (Å²) in [7, 11) is 0. The first-order valence-electron chi connectivity index (χ1n) is 6.48. The van der Waals surface area contributed by atoms with Crippen LogP contribution in [0.2, 0.25) is 0 Å². The molecule has 1 aromatic carbocycles. The molecule has 0 bridgehead atoms. The van der Waals surface area contributed by atoms with E-state index in [-0.39, 0.29) is 0 Å². The lowest BCUT2D eigenvalue weighted by Gasteiger charge is -2.06. The van der Waals surface area contributed by atoms with Crippen LogP contribution in [-0.4, -0.2) is 36.5 Å². The number of nitrogens with one attached hydrogen (secondary N) is 1. The molecule has 3 rings (SSSR count). The Bertz CT molecular complexity index is 630. The van der Waals surface area contributed by atoms with Crippen molar-refractivity contribution in [2.75, 3.05) is 11.9 Å². The molecule has 7 nitrogen and oxygen atoms in total. The minimum Gasteiger partial charge on any atom is -0.353 e. The van der Waals surface area contributed by atoms with E-state index in [0.29, 0.717) is 5.95 Å². The summed E-state index contributed by atoms with van der Waals surface area (Å²) in [5.41, 5.74) is 0.937. The molecule has 7 heteroatoms. The molecule has 2 aromatic heterocycles. The lowest BCUT2D eigenvalue weighted by atomic mass is 10.3. The smallest absolute Gasteiger partial charge is 0.247 e. The van der Waals surface area contributed by atoms with Gasteiger partial charge in [-0.2, -0.15) is 9.78 Å². The molecule has 3 aromatic rings. The number of nitrogens with zero attached hydrogens (tertiary/aromatic N) is 6. The minimum absolute atomic E-state index is 0.650. The van der Waals surface area contributed by atoms with Gasteiger partial charge in [0.25, 0.3) is 0 Å². The van der Waals surface area contributed by atoms with Crippen LogP contribution in [0.25, 0.3) is 5.69 Å². The Morgan fingerprint density at radius 2 is 2.00 bits per heavy atom. The molecule has 0 aliphatic rings. The summed E-state index contributed by atoms with van der Waals surface area (Å²) in [5.74, 6) is 0.650. The summed E-state index contributed by atoms with van der Waals surface area (Å²) in [4.78, 5) is 0. The van der Waals surface area contributed by atoms with Crippen molar-refractivity contribution in [1.82, 2.24) is 30.0 Å². The van der Waals surface area contributed by atoms with E-state index in [1.54, 1.807) is 10.9 Å². The highest BCUT2D eigenvalue weighted by molar-refractivity contribution is 5.38. The highest BCUT2D eigenvalue weighted by Crippen LogP contribution is 2.10. The van der Waals surface area contributed by atoms with Gasteiger partial charge in [0.15, 0.2) is 0 Å². The number of hydrogen-bond donors (Lipinski definition) is 1. The van der Waals surface area contributed by atoms with Gasteiger partial charge in [0.1, 0.15) is 0 Å². The quantitative estimate of drug-likeness (QED) is 0.684. The number of anilines is 1. The maximum absolute atomic E-state index is 4.16. The molecule has 0 aliphatic carbocycles. The molecule has 2 heterocycles. The van der Waals surface area contributed by atoms with Gasteiger partial charge in [-0.05, 0) is 35.0 Å². The Hall–Kier alpha value is -2.70. The normalized spacial score (nSPS) is 10.6. The van der Waals surface area contributed by atoms with Crippen molar-refractivity contribution in [2.45, 2.75) is 13.0 Å². The number of hydrogen-bond acceptors (Lipinski definition) is 5. The Morgan fingerprint density at radius 3 is 2.80 bits per heavy atom. The lowest BCUT2D eigenvalue weighted by Crippen LogP contribution is -2.11. The van der Waals surface area contributed by atoms with Crippen LogP contribution in [0.3, 0.4) is 0 Å². The number of benzene rings is 1. The van der Waals surface area contributed by atoms with Crippen LogP contribution >= 0.6 is 0 Å². The van der Waals surface area contributed by atoms with E-state index in [9.17, 15) is 0 Å². The third-order valence-corrected chi connectivity index (χ3v) is 2.88. The van der Waals surface area contributed by atoms with Gasteiger partial charge in [-0.25, -0.2) is 0 Å². The number of aromatic nitrogens is 6. The predicted molar refractivity (Wildman–Crippen MR) is 74.5 cm³/mol. The lowest BCUT2D eigenvalue weighted by molar-refractivity contribution is 0.590. The summed E-state index contributed by atoms with van der Waals surface area (Å²) in [6.45, 7) is 1.65. The van der Waals surface area contributed by atoms with Crippen molar-refractivity contribution in [3.05, 3.63) is 48.8 Å². The highest BCUT2D eigenvalue weighted by Gasteiger charge is 2.06. The Balaban J connectivity index is 1.57. The molecule has 0 spiro atoms. The second-order valence-corrected chi connectivity index (χ2v) is 4.30. The molecule has 0 radical (unpaired) electrons. The van der Waals surface area contributed by atoms with Crippen LogP contribution in [0.4, 0.5) is 5.95 Å². The molecular weight excluding hydrogens is 254 g/mol. The molecule has 1 N–H and O–H groups in total. The second-order valence-electron chi connectivity index (χ2n) is 4.30. The van der Waals surface area contributed by atoms with Crippen LogP contribution in [-0.2, 0) is 6.54 Å². The van der Waals surface area contributed by atoms with Gasteiger partial charge in [-0.1, -0.05) is 23.3 Å². The molecule has 0 unspecified atom stereocenters. The second kappa shape index (κ2) is 5.96. The van der Waals surface area contributed by atoms with E-state index in [4.69, 9.17) is 0 Å². The van der Waals surface area contributed by atoms with E-state index < -0.39 is 0 Å². The molecule has 102 valence electrons. The fraction of sp³-hybridized carbons (Fsp3) is 0.231. The summed E-state index contributed by atoms with van der Waals surface area (Å²) in [5, 5.41) is 19.1. The van der Waals surface area contributed by atoms with Gasteiger partial charge in [-0.15, -0.1) is 0 Å². The summed E-state index contributed by atoms with van der Waals surface area (Å²) in [6, 6.07) is 11.7. The van der Waals surface area contributed by atoms with Crippen LogP contribution in [0.15, 0.2) is 48.8 Å². The van der Waals surface area contributed by atoms with Crippen LogP contribution in [0.1, 0.15) is 6.42 Å². The standard InChI is InChI=1S/C13H15N7/c1-2-6-12(7-3-1)20-13(16-17-18-20)14-8-4-10-19-11-5-9-15-19/h1-3,5-7,9,11H,4,8,10H2,(H,14,16,18). The zero-order chi connectivity index (χ0) is 13.6. The number of aryl methyl sites for hydroxylation is 1. The van der Waals surface area contributed by atoms with E-state index in [0.717, 1.165) is 25.2 Å². The summed E-state index contributed by atoms with van der Waals surface area (Å²) in [6.07, 6.45) is 4.68. The zero-order valence-electron chi connectivity index (χ0n) is 10.9. The average molecular weight is 269 g/mol. The zero-order valence-corrected chi connectivity index (χ0v) is 10.9. The average Bonchev–Trinajstić information content (AvgIpc) is 3.16. The third kappa shape index (κ3) is 2.82. The van der Waals surface area contributed by atoms with E-state index in [2.05, 4.69) is 25.9 Å². The van der Waals surface area contributed by atoms with Crippen LogP contribution < -0.4 is 5.32 Å². The Kier molecular flexibility index (Phi) is 3.68. The molecule has 0 saturated carbocycles. The Labute approximate surface area is 116 Å². The Morgan fingerprint density at radius 1 is 1.10 bits per heavy atom. The van der Waals surface area contributed by atoms with Gasteiger partial charge in [0.05, 0.1) is 5.69 Å². The highest BCUT2D eigenvalue weighted by atomic mass is 15.6. The largest absolute Gasteiger partial charge is 0.353 e. The first-order valence-corrected chi connectivity index (χ1v) is 6.48. The monoisotopic (exact) mass is 269 g/mol. The van der Waals surface area contributed by atoms with Crippen molar-refractivity contribution >= 4 is 5.95 Å². The van der Waals surface area contributed by atoms with Crippen molar-refractivity contribution in [1.29, 1.82) is 0 Å². The molecule has 0 fully saturated rings. The van der Waals surface area contributed by atoms with Crippen molar-refractivity contribution in [2.24, 2.45) is 0 Å². The number of rotatable bonds is 6. The van der Waals surface area contributed by atoms with E-state index >= 15 is 0 Å². The maximum Gasteiger partial charge on any atom is 0.247 e. The van der Waals surface area contributed by atoms with Gasteiger partial charge < -0.3 is 5.32 Å². The third-order valence-electron chi connectivity index (χ3n) is 2.88. The molecule has 20 heavy (non-hydrogen) atoms. The van der Waals surface area contributed by atoms with Gasteiger partial charge in [0.2, 0.25) is 5.95 Å². The predicted octanol–water partition coefficient (Wildman–Crippen LogP) is 1.36. The van der Waals surface area contributed by atoms with E-state index in [1.807, 2.05) is 47.3 Å². The molecule has 0 saturated heterocycles. The molecule has 0 amide bonds. The first-order chi connectivity index (χ1) is 9.93. The molecular formula is C13H15N7. The molecule has 0 aliphatic heterocycles. The van der Waals surface area contributed by atoms with Gasteiger partial charge in [0, 0.05) is 25.5 Å². The SMILES string of the molecule is c1ccc(-n2nnnc2NCCCn2cccn2)cc1. The number of para-hydroxylation sites is 1. The van der Waals surface area contributed by atoms with Crippen molar-refractivity contribution in [3.8, 4) is 5.69 Å². The van der Waals surface area contributed by atoms with Crippen LogP contribution in [0, 0.1) is 0 Å². The summed E-state index contributed by atoms with van der Waals surface area (Å²) < 4.78 is 3.59. The maximum atomic E-state index is 4.16. The topological polar surface area (TPSA) is 73.5 Å².